The Morgan fingerprint density at radius 2 is 1.96 bits per heavy atom. The van der Waals surface area contributed by atoms with Gasteiger partial charge < -0.3 is 9.88 Å². The van der Waals surface area contributed by atoms with Crippen molar-refractivity contribution in [2.75, 3.05) is 5.32 Å². The van der Waals surface area contributed by atoms with Crippen LogP contribution in [-0.2, 0) is 18.9 Å². The van der Waals surface area contributed by atoms with Crippen molar-refractivity contribution in [3.8, 4) is 22.6 Å². The largest absolute Gasteiger partial charge is 0.334 e. The van der Waals surface area contributed by atoms with Crippen LogP contribution in [0.3, 0.4) is 0 Å². The Kier molecular flexibility index (Phi) is 3.72. The van der Waals surface area contributed by atoms with Crippen molar-refractivity contribution >= 4 is 22.5 Å². The second-order valence-electron chi connectivity index (χ2n) is 6.12. The highest BCUT2D eigenvalue weighted by molar-refractivity contribution is 5.93. The fraction of sp³-hybridized carbons (Fsp3) is 0.167. The predicted molar refractivity (Wildman–Crippen MR) is 98.2 cm³/mol. The summed E-state index contributed by atoms with van der Waals surface area (Å²) in [5, 5.41) is 8.16. The number of carbonyl (C=O) groups excluding carboxylic acids is 1. The Bertz CT molecular complexity index is 1130. The van der Waals surface area contributed by atoms with Crippen molar-refractivity contribution in [2.45, 2.75) is 6.92 Å². The molecule has 0 aromatic carbocycles. The molecule has 26 heavy (non-hydrogen) atoms. The molecule has 1 amide bonds. The van der Waals surface area contributed by atoms with Gasteiger partial charge in [-0.05, 0) is 12.1 Å². The lowest BCUT2D eigenvalue weighted by Gasteiger charge is -2.06. The zero-order valence-electron chi connectivity index (χ0n) is 14.6. The maximum absolute atomic E-state index is 11.4. The fourth-order valence-electron chi connectivity index (χ4n) is 2.89. The fourth-order valence-corrected chi connectivity index (χ4v) is 2.89. The van der Waals surface area contributed by atoms with Gasteiger partial charge >= 0.3 is 0 Å². The van der Waals surface area contributed by atoms with Crippen molar-refractivity contribution in [3.63, 3.8) is 0 Å². The number of carbonyl (C=O) groups is 1. The molecule has 4 heterocycles. The minimum Gasteiger partial charge on any atom is -0.334 e. The summed E-state index contributed by atoms with van der Waals surface area (Å²) < 4.78 is 3.59. The van der Waals surface area contributed by atoms with Gasteiger partial charge in [0.05, 0.1) is 41.3 Å². The van der Waals surface area contributed by atoms with Gasteiger partial charge in [0.15, 0.2) is 0 Å². The molecule has 8 nitrogen and oxygen atoms in total. The number of nitrogens with zero attached hydrogens (tertiary/aromatic N) is 6. The van der Waals surface area contributed by atoms with Crippen molar-refractivity contribution in [2.24, 2.45) is 14.1 Å². The topological polar surface area (TPSA) is 90.5 Å². The van der Waals surface area contributed by atoms with Crippen LogP contribution in [0.15, 0.2) is 43.2 Å². The van der Waals surface area contributed by atoms with Crippen molar-refractivity contribution in [1.29, 1.82) is 0 Å². The summed E-state index contributed by atoms with van der Waals surface area (Å²) in [7, 11) is 3.75. The first-order valence-corrected chi connectivity index (χ1v) is 8.05. The maximum Gasteiger partial charge on any atom is 0.221 e. The van der Waals surface area contributed by atoms with Gasteiger partial charge in [0.2, 0.25) is 5.91 Å². The van der Waals surface area contributed by atoms with Crippen LogP contribution in [0, 0.1) is 0 Å². The van der Waals surface area contributed by atoms with Gasteiger partial charge in [-0.3, -0.25) is 19.4 Å². The molecule has 0 spiro atoms. The third-order valence-corrected chi connectivity index (χ3v) is 4.06. The highest BCUT2D eigenvalue weighted by Crippen LogP contribution is 2.28. The number of imidazole rings is 1. The van der Waals surface area contributed by atoms with Crippen LogP contribution in [0.1, 0.15) is 6.92 Å². The quantitative estimate of drug-likeness (QED) is 0.614. The first-order chi connectivity index (χ1) is 12.5. The van der Waals surface area contributed by atoms with Crippen LogP contribution in [0.5, 0.6) is 0 Å². The average Bonchev–Trinajstić information content (AvgIpc) is 3.19. The first kappa shape index (κ1) is 15.9. The number of amides is 1. The third-order valence-electron chi connectivity index (χ3n) is 4.06. The van der Waals surface area contributed by atoms with E-state index in [2.05, 4.69) is 25.4 Å². The van der Waals surface area contributed by atoms with E-state index in [-0.39, 0.29) is 5.91 Å². The molecule has 4 aromatic heterocycles. The van der Waals surface area contributed by atoms with Gasteiger partial charge in [0.25, 0.3) is 0 Å². The summed E-state index contributed by atoms with van der Waals surface area (Å²) in [6.45, 7) is 1.47. The number of hydrogen-bond acceptors (Lipinski definition) is 5. The predicted octanol–water partition coefficient (Wildman–Crippen LogP) is 2.39. The molecule has 0 aliphatic rings. The molecule has 130 valence electrons. The molecule has 0 saturated carbocycles. The van der Waals surface area contributed by atoms with Crippen LogP contribution < -0.4 is 5.32 Å². The van der Waals surface area contributed by atoms with Gasteiger partial charge in [0.1, 0.15) is 5.69 Å². The number of aryl methyl sites for hydroxylation is 2. The van der Waals surface area contributed by atoms with E-state index in [0.29, 0.717) is 17.1 Å². The van der Waals surface area contributed by atoms with E-state index in [1.807, 2.05) is 29.9 Å². The van der Waals surface area contributed by atoms with Crippen LogP contribution >= 0.6 is 0 Å². The Morgan fingerprint density at radius 1 is 1.12 bits per heavy atom. The molecular formula is C18H17N7O. The minimum atomic E-state index is -0.153. The van der Waals surface area contributed by atoms with E-state index >= 15 is 0 Å². The number of aromatic nitrogens is 6. The highest BCUT2D eigenvalue weighted by Gasteiger charge is 2.14. The second kappa shape index (κ2) is 6.07. The standard InChI is InChI=1S/C18H17N7O/c1-11(26)22-16-9-25(3)23-18(16)14-5-12-4-13(6-20-15(12)7-21-14)17-8-19-10-24(17)2/h4-10H,1-3H3,(H,22,26). The number of anilines is 1. The second-order valence-corrected chi connectivity index (χ2v) is 6.12. The average molecular weight is 347 g/mol. The van der Waals surface area contributed by atoms with Crippen molar-refractivity contribution in [3.05, 3.63) is 43.2 Å². The normalized spacial score (nSPS) is 11.0. The van der Waals surface area contributed by atoms with Crippen LogP contribution in [0.4, 0.5) is 5.69 Å². The molecule has 0 aliphatic heterocycles. The molecular weight excluding hydrogens is 330 g/mol. The number of nitrogens with one attached hydrogen (secondary N) is 1. The Labute approximate surface area is 149 Å². The SMILES string of the molecule is CC(=O)Nc1cn(C)nc1-c1cc2cc(-c3cncn3C)cnc2cn1. The molecule has 0 unspecified atom stereocenters. The summed E-state index contributed by atoms with van der Waals surface area (Å²) in [6.07, 6.45) is 8.84. The van der Waals surface area contributed by atoms with E-state index in [4.69, 9.17) is 0 Å². The van der Waals surface area contributed by atoms with E-state index in [9.17, 15) is 4.79 Å². The zero-order valence-corrected chi connectivity index (χ0v) is 14.6. The summed E-state index contributed by atoms with van der Waals surface area (Å²) in [4.78, 5) is 24.5. The van der Waals surface area contributed by atoms with Crippen molar-refractivity contribution in [1.82, 2.24) is 29.3 Å². The number of fused-ring (bicyclic) bond motifs is 1. The Balaban J connectivity index is 1.83. The van der Waals surface area contributed by atoms with Gasteiger partial charge in [0, 0.05) is 44.4 Å². The lowest BCUT2D eigenvalue weighted by Crippen LogP contribution is -2.06. The molecule has 0 fully saturated rings. The Morgan fingerprint density at radius 3 is 2.69 bits per heavy atom. The number of rotatable bonds is 3. The number of hydrogen-bond donors (Lipinski definition) is 1. The summed E-state index contributed by atoms with van der Waals surface area (Å²) in [5.74, 6) is -0.153. The van der Waals surface area contributed by atoms with Gasteiger partial charge in [-0.25, -0.2) is 4.98 Å². The molecule has 4 aromatic rings. The van der Waals surface area contributed by atoms with E-state index in [1.54, 1.807) is 36.6 Å². The third kappa shape index (κ3) is 2.81. The van der Waals surface area contributed by atoms with E-state index in [0.717, 1.165) is 22.2 Å². The molecule has 8 heteroatoms. The molecule has 1 N–H and O–H groups in total. The summed E-state index contributed by atoms with van der Waals surface area (Å²) in [5.41, 5.74) is 4.66. The van der Waals surface area contributed by atoms with Gasteiger partial charge in [-0.1, -0.05) is 0 Å². The highest BCUT2D eigenvalue weighted by atomic mass is 16.1. The Hall–Kier alpha value is -3.55. The number of pyridine rings is 2. The summed E-state index contributed by atoms with van der Waals surface area (Å²) in [6, 6.07) is 3.97. The maximum atomic E-state index is 11.4. The lowest BCUT2D eigenvalue weighted by molar-refractivity contribution is -0.114. The molecule has 0 radical (unpaired) electrons. The zero-order chi connectivity index (χ0) is 18.3. The smallest absolute Gasteiger partial charge is 0.221 e. The van der Waals surface area contributed by atoms with E-state index < -0.39 is 0 Å². The molecule has 0 atom stereocenters. The molecule has 0 bridgehead atoms. The van der Waals surface area contributed by atoms with Crippen molar-refractivity contribution < 1.29 is 4.79 Å². The minimum absolute atomic E-state index is 0.153. The molecule has 0 aliphatic carbocycles. The lowest BCUT2D eigenvalue weighted by atomic mass is 10.1. The van der Waals surface area contributed by atoms with Gasteiger partial charge in [-0.2, -0.15) is 5.10 Å². The monoisotopic (exact) mass is 347 g/mol. The molecule has 0 saturated heterocycles. The molecule has 4 rings (SSSR count). The van der Waals surface area contributed by atoms with Gasteiger partial charge in [-0.15, -0.1) is 0 Å². The first-order valence-electron chi connectivity index (χ1n) is 8.05. The van der Waals surface area contributed by atoms with Crippen LogP contribution in [0.2, 0.25) is 0 Å². The van der Waals surface area contributed by atoms with Crippen LogP contribution in [-0.4, -0.2) is 35.2 Å². The van der Waals surface area contributed by atoms with Crippen LogP contribution in [0.25, 0.3) is 33.5 Å². The summed E-state index contributed by atoms with van der Waals surface area (Å²) >= 11 is 0. The van der Waals surface area contributed by atoms with E-state index in [1.165, 1.54) is 6.92 Å².